The van der Waals surface area contributed by atoms with Gasteiger partial charge >= 0.3 is 0 Å². The number of carbonyl (C=O) groups excluding carboxylic acids is 2. The van der Waals surface area contributed by atoms with E-state index in [4.69, 9.17) is 10.5 Å². The number of hydrogen-bond acceptors (Lipinski definition) is 5. The average Bonchev–Trinajstić information content (AvgIpc) is 2.44. The Kier molecular flexibility index (Phi) is 7.05. The van der Waals surface area contributed by atoms with Crippen LogP contribution in [0.2, 0.25) is 0 Å². The van der Waals surface area contributed by atoms with Crippen LogP contribution in [0.25, 0.3) is 0 Å². The van der Waals surface area contributed by atoms with Gasteiger partial charge in [0.1, 0.15) is 12.4 Å². The maximum absolute atomic E-state index is 11.9. The quantitative estimate of drug-likeness (QED) is 0.558. The summed E-state index contributed by atoms with van der Waals surface area (Å²) in [4.78, 5) is 26.4. The molecule has 7 nitrogen and oxygen atoms in total. The Hall–Kier alpha value is -2.15. The van der Waals surface area contributed by atoms with Crippen LogP contribution in [0, 0.1) is 0 Å². The second kappa shape index (κ2) is 8.87. The zero-order valence-corrected chi connectivity index (χ0v) is 11.5. The molecule has 0 saturated heterocycles. The Bertz CT molecular complexity index is 451. The molecule has 0 spiro atoms. The van der Waals surface area contributed by atoms with Gasteiger partial charge in [0.25, 0.3) is 5.91 Å². The highest BCUT2D eigenvalue weighted by Crippen LogP contribution is 2.06. The minimum atomic E-state index is -0.530. The smallest absolute Gasteiger partial charge is 0.251 e. The molecule has 0 fully saturated rings. The van der Waals surface area contributed by atoms with Crippen molar-refractivity contribution in [1.29, 1.82) is 0 Å². The lowest BCUT2D eigenvalue weighted by molar-refractivity contribution is -0.122. The number of hydrogen-bond donors (Lipinski definition) is 3. The number of carbonyl (C=O) groups is 2. The molecule has 110 valence electrons. The monoisotopic (exact) mass is 280 g/mol. The van der Waals surface area contributed by atoms with Crippen LogP contribution in [0.5, 0.6) is 0 Å². The molecule has 0 saturated carbocycles. The molecule has 20 heavy (non-hydrogen) atoms. The predicted octanol–water partition coefficient (Wildman–Crippen LogP) is 0.135. The van der Waals surface area contributed by atoms with E-state index in [-0.39, 0.29) is 19.1 Å². The molecule has 0 aliphatic heterocycles. The topological polar surface area (TPSA) is 106 Å². The lowest BCUT2D eigenvalue weighted by Gasteiger charge is -2.07. The highest BCUT2D eigenvalue weighted by Gasteiger charge is 2.06. The number of anilines is 1. The number of pyridine rings is 1. The van der Waals surface area contributed by atoms with Crippen LogP contribution in [0.3, 0.4) is 0 Å². The molecule has 1 rings (SSSR count). The van der Waals surface area contributed by atoms with Gasteiger partial charge in [-0.3, -0.25) is 9.59 Å². The SMILES string of the molecule is CCCNc1cc(C(=O)NCCOCC(N)=O)ccn1. The molecule has 7 heteroatoms. The second-order valence-electron chi connectivity index (χ2n) is 4.13. The maximum Gasteiger partial charge on any atom is 0.251 e. The molecular weight excluding hydrogens is 260 g/mol. The van der Waals surface area contributed by atoms with E-state index in [0.717, 1.165) is 13.0 Å². The van der Waals surface area contributed by atoms with E-state index in [1.54, 1.807) is 18.3 Å². The maximum atomic E-state index is 11.9. The Morgan fingerprint density at radius 3 is 2.90 bits per heavy atom. The van der Waals surface area contributed by atoms with Crippen LogP contribution >= 0.6 is 0 Å². The number of rotatable bonds is 9. The molecule has 0 atom stereocenters. The molecule has 0 bridgehead atoms. The van der Waals surface area contributed by atoms with Gasteiger partial charge in [0, 0.05) is 24.8 Å². The van der Waals surface area contributed by atoms with Crippen molar-refractivity contribution in [3.63, 3.8) is 0 Å². The standard InChI is InChI=1S/C13H20N4O3/c1-2-4-15-12-8-10(3-5-16-12)13(19)17-6-7-20-9-11(14)18/h3,5,8H,2,4,6-7,9H2,1H3,(H2,14,18)(H,15,16)(H,17,19). The fraction of sp³-hybridized carbons (Fsp3) is 0.462. The van der Waals surface area contributed by atoms with Crippen molar-refractivity contribution >= 4 is 17.6 Å². The molecule has 1 heterocycles. The first-order chi connectivity index (χ1) is 9.63. The van der Waals surface area contributed by atoms with Gasteiger partial charge in [0.15, 0.2) is 0 Å². The summed E-state index contributed by atoms with van der Waals surface area (Å²) in [6.07, 6.45) is 2.56. The average molecular weight is 280 g/mol. The van der Waals surface area contributed by atoms with E-state index in [0.29, 0.717) is 17.9 Å². The number of nitrogens with one attached hydrogen (secondary N) is 2. The lowest BCUT2D eigenvalue weighted by atomic mass is 10.2. The zero-order chi connectivity index (χ0) is 14.8. The third kappa shape index (κ3) is 6.14. The Morgan fingerprint density at radius 1 is 1.40 bits per heavy atom. The number of aromatic nitrogens is 1. The van der Waals surface area contributed by atoms with Crippen LogP contribution in [0.15, 0.2) is 18.3 Å². The molecule has 1 aromatic heterocycles. The van der Waals surface area contributed by atoms with Crippen LogP contribution < -0.4 is 16.4 Å². The lowest BCUT2D eigenvalue weighted by Crippen LogP contribution is -2.28. The van der Waals surface area contributed by atoms with Gasteiger partial charge in [-0.25, -0.2) is 4.98 Å². The van der Waals surface area contributed by atoms with E-state index < -0.39 is 5.91 Å². The van der Waals surface area contributed by atoms with Crippen molar-refractivity contribution in [2.75, 3.05) is 31.6 Å². The number of primary amides is 1. The molecule has 0 aliphatic carbocycles. The highest BCUT2D eigenvalue weighted by molar-refractivity contribution is 5.94. The third-order valence-corrected chi connectivity index (χ3v) is 2.35. The molecule has 1 aromatic rings. The van der Waals surface area contributed by atoms with Gasteiger partial charge < -0.3 is 21.1 Å². The minimum absolute atomic E-state index is 0.143. The molecule has 4 N–H and O–H groups in total. The van der Waals surface area contributed by atoms with E-state index in [1.165, 1.54) is 0 Å². The largest absolute Gasteiger partial charge is 0.370 e. The minimum Gasteiger partial charge on any atom is -0.370 e. The molecule has 0 unspecified atom stereocenters. The van der Waals surface area contributed by atoms with Gasteiger partial charge in [0.05, 0.1) is 6.61 Å². The van der Waals surface area contributed by atoms with Gasteiger partial charge in [0.2, 0.25) is 5.91 Å². The van der Waals surface area contributed by atoms with Gasteiger partial charge in [-0.05, 0) is 18.6 Å². The van der Waals surface area contributed by atoms with E-state index in [1.807, 2.05) is 0 Å². The van der Waals surface area contributed by atoms with Gasteiger partial charge in [-0.2, -0.15) is 0 Å². The van der Waals surface area contributed by atoms with Crippen molar-refractivity contribution < 1.29 is 14.3 Å². The number of ether oxygens (including phenoxy) is 1. The van der Waals surface area contributed by atoms with Gasteiger partial charge in [-0.15, -0.1) is 0 Å². The Morgan fingerprint density at radius 2 is 2.20 bits per heavy atom. The van der Waals surface area contributed by atoms with Crippen molar-refractivity contribution in [3.05, 3.63) is 23.9 Å². The summed E-state index contributed by atoms with van der Waals surface area (Å²) >= 11 is 0. The zero-order valence-electron chi connectivity index (χ0n) is 11.5. The summed E-state index contributed by atoms with van der Waals surface area (Å²) in [5.74, 6) is -0.0730. The van der Waals surface area contributed by atoms with Crippen molar-refractivity contribution in [1.82, 2.24) is 10.3 Å². The fourth-order valence-corrected chi connectivity index (χ4v) is 1.43. The molecule has 0 radical (unpaired) electrons. The van der Waals surface area contributed by atoms with E-state index in [2.05, 4.69) is 22.5 Å². The normalized spacial score (nSPS) is 10.1. The van der Waals surface area contributed by atoms with Crippen LogP contribution in [-0.4, -0.2) is 43.1 Å². The number of nitrogens with two attached hydrogens (primary N) is 1. The predicted molar refractivity (Wildman–Crippen MR) is 75.4 cm³/mol. The molecule has 2 amide bonds. The molecular formula is C13H20N4O3. The fourth-order valence-electron chi connectivity index (χ4n) is 1.43. The van der Waals surface area contributed by atoms with Crippen molar-refractivity contribution in [2.45, 2.75) is 13.3 Å². The Balaban J connectivity index is 2.37. The summed E-state index contributed by atoms with van der Waals surface area (Å²) in [5, 5.41) is 5.80. The van der Waals surface area contributed by atoms with E-state index in [9.17, 15) is 9.59 Å². The van der Waals surface area contributed by atoms with Crippen LogP contribution in [0.1, 0.15) is 23.7 Å². The van der Waals surface area contributed by atoms with Crippen LogP contribution in [0.4, 0.5) is 5.82 Å². The second-order valence-corrected chi connectivity index (χ2v) is 4.13. The summed E-state index contributed by atoms with van der Waals surface area (Å²) in [5.41, 5.74) is 5.44. The van der Waals surface area contributed by atoms with Gasteiger partial charge in [-0.1, -0.05) is 6.92 Å². The van der Waals surface area contributed by atoms with E-state index >= 15 is 0 Å². The first-order valence-corrected chi connectivity index (χ1v) is 6.47. The summed E-state index contributed by atoms with van der Waals surface area (Å²) < 4.78 is 4.94. The third-order valence-electron chi connectivity index (χ3n) is 2.35. The molecule has 0 aromatic carbocycles. The first-order valence-electron chi connectivity index (χ1n) is 6.47. The number of nitrogens with zero attached hydrogens (tertiary/aromatic N) is 1. The number of amides is 2. The van der Waals surface area contributed by atoms with Crippen LogP contribution in [-0.2, 0) is 9.53 Å². The Labute approximate surface area is 117 Å². The highest BCUT2D eigenvalue weighted by atomic mass is 16.5. The first kappa shape index (κ1) is 15.9. The van der Waals surface area contributed by atoms with Crippen molar-refractivity contribution in [2.24, 2.45) is 5.73 Å². The van der Waals surface area contributed by atoms with Crippen molar-refractivity contribution in [3.8, 4) is 0 Å². The molecule has 0 aliphatic rings. The summed E-state index contributed by atoms with van der Waals surface area (Å²) in [6, 6.07) is 3.33. The summed E-state index contributed by atoms with van der Waals surface area (Å²) in [6.45, 7) is 3.26. The summed E-state index contributed by atoms with van der Waals surface area (Å²) in [7, 11) is 0.